The van der Waals surface area contributed by atoms with Gasteiger partial charge in [0.1, 0.15) is 18.1 Å². The molecular formula is C24H34N6O5. The van der Waals surface area contributed by atoms with Crippen molar-refractivity contribution in [2.24, 2.45) is 11.7 Å². The zero-order valence-corrected chi connectivity index (χ0v) is 20.2. The average Bonchev–Trinajstić information content (AvgIpc) is 3.31. The van der Waals surface area contributed by atoms with Gasteiger partial charge in [-0.15, -0.1) is 0 Å². The van der Waals surface area contributed by atoms with E-state index in [0.717, 1.165) is 5.56 Å². The quantitative estimate of drug-likeness (QED) is 0.233. The molecule has 3 amide bonds. The van der Waals surface area contributed by atoms with Crippen LogP contribution in [-0.4, -0.2) is 62.9 Å². The van der Waals surface area contributed by atoms with Crippen molar-refractivity contribution in [3.8, 4) is 0 Å². The first-order valence-corrected chi connectivity index (χ1v) is 11.5. The Morgan fingerprint density at radius 3 is 2.17 bits per heavy atom. The minimum atomic E-state index is -1.18. The lowest BCUT2D eigenvalue weighted by molar-refractivity contribution is -0.142. The maximum atomic E-state index is 12.9. The second-order valence-corrected chi connectivity index (χ2v) is 8.90. The number of carbonyl (C=O) groups is 4. The van der Waals surface area contributed by atoms with Gasteiger partial charge in [-0.25, -0.2) is 9.78 Å². The van der Waals surface area contributed by atoms with E-state index in [4.69, 9.17) is 5.73 Å². The molecule has 4 unspecified atom stereocenters. The molecule has 0 fully saturated rings. The monoisotopic (exact) mass is 486 g/mol. The number of nitrogens with one attached hydrogen (secondary N) is 4. The maximum absolute atomic E-state index is 12.9. The van der Waals surface area contributed by atoms with E-state index >= 15 is 0 Å². The van der Waals surface area contributed by atoms with E-state index in [2.05, 4.69) is 25.9 Å². The minimum Gasteiger partial charge on any atom is -0.480 e. The van der Waals surface area contributed by atoms with E-state index in [1.807, 2.05) is 19.9 Å². The zero-order chi connectivity index (χ0) is 26.0. The Kier molecular flexibility index (Phi) is 10.4. The van der Waals surface area contributed by atoms with Crippen LogP contribution in [0.25, 0.3) is 0 Å². The normalized spacial score (nSPS) is 14.4. The summed E-state index contributed by atoms with van der Waals surface area (Å²) in [7, 11) is 0. The van der Waals surface area contributed by atoms with Gasteiger partial charge in [0.15, 0.2) is 0 Å². The van der Waals surface area contributed by atoms with E-state index in [9.17, 15) is 24.3 Å². The first kappa shape index (κ1) is 27.5. The topological polar surface area (TPSA) is 179 Å². The molecule has 0 saturated carbocycles. The highest BCUT2D eigenvalue weighted by molar-refractivity contribution is 5.94. The number of imidazole rings is 1. The van der Waals surface area contributed by atoms with Gasteiger partial charge in [0.2, 0.25) is 17.7 Å². The summed E-state index contributed by atoms with van der Waals surface area (Å²) < 4.78 is 0. The molecule has 11 heteroatoms. The van der Waals surface area contributed by atoms with Crippen molar-refractivity contribution >= 4 is 23.7 Å². The first-order chi connectivity index (χ1) is 16.6. The Labute approximate surface area is 204 Å². The van der Waals surface area contributed by atoms with E-state index in [-0.39, 0.29) is 25.2 Å². The number of nitrogens with zero attached hydrogens (tertiary/aromatic N) is 1. The van der Waals surface area contributed by atoms with Crippen LogP contribution < -0.4 is 21.7 Å². The number of carboxylic acid groups (broad SMARTS) is 1. The Balaban J connectivity index is 1.98. The number of hydrogen-bond acceptors (Lipinski definition) is 6. The van der Waals surface area contributed by atoms with E-state index < -0.39 is 47.9 Å². The van der Waals surface area contributed by atoms with Crippen molar-refractivity contribution in [2.45, 2.75) is 64.2 Å². The summed E-state index contributed by atoms with van der Waals surface area (Å²) in [5, 5.41) is 17.3. The number of aromatic nitrogens is 2. The fourth-order valence-corrected chi connectivity index (χ4v) is 3.43. The van der Waals surface area contributed by atoms with Gasteiger partial charge in [-0.05, 0) is 24.8 Å². The molecule has 0 aliphatic carbocycles. The summed E-state index contributed by atoms with van der Waals surface area (Å²) >= 11 is 0. The highest BCUT2D eigenvalue weighted by Gasteiger charge is 2.29. The lowest BCUT2D eigenvalue weighted by Crippen LogP contribution is -2.57. The Morgan fingerprint density at radius 2 is 1.60 bits per heavy atom. The highest BCUT2D eigenvalue weighted by Crippen LogP contribution is 2.08. The number of hydrogen-bond donors (Lipinski definition) is 6. The second kappa shape index (κ2) is 13.2. The molecule has 0 bridgehead atoms. The third-order valence-corrected chi connectivity index (χ3v) is 5.32. The van der Waals surface area contributed by atoms with Crippen LogP contribution in [0.4, 0.5) is 0 Å². The van der Waals surface area contributed by atoms with Crippen molar-refractivity contribution in [1.29, 1.82) is 0 Å². The lowest BCUT2D eigenvalue weighted by atomic mass is 10.0. The van der Waals surface area contributed by atoms with Crippen LogP contribution in [0.5, 0.6) is 0 Å². The fraction of sp³-hybridized carbons (Fsp3) is 0.458. The van der Waals surface area contributed by atoms with Gasteiger partial charge in [-0.2, -0.15) is 0 Å². The number of aliphatic carboxylic acids is 1. The summed E-state index contributed by atoms with van der Waals surface area (Å²) in [6.45, 7) is 5.24. The maximum Gasteiger partial charge on any atom is 0.326 e. The van der Waals surface area contributed by atoms with Crippen LogP contribution in [0, 0.1) is 5.92 Å². The van der Waals surface area contributed by atoms with Gasteiger partial charge in [0.25, 0.3) is 0 Å². The second-order valence-electron chi connectivity index (χ2n) is 8.90. The summed E-state index contributed by atoms with van der Waals surface area (Å²) in [4.78, 5) is 56.5. The molecule has 190 valence electrons. The Hall–Kier alpha value is -3.73. The smallest absolute Gasteiger partial charge is 0.326 e. The summed E-state index contributed by atoms with van der Waals surface area (Å²) in [6, 6.07) is 4.95. The minimum absolute atomic E-state index is 0.0381. The molecule has 1 aromatic carbocycles. The predicted molar refractivity (Wildman–Crippen MR) is 129 cm³/mol. The lowest BCUT2D eigenvalue weighted by Gasteiger charge is -2.25. The van der Waals surface area contributed by atoms with E-state index in [1.165, 1.54) is 13.3 Å². The molecule has 4 atom stereocenters. The van der Waals surface area contributed by atoms with Gasteiger partial charge in [0, 0.05) is 24.7 Å². The number of H-pyrrole nitrogens is 1. The number of carbonyl (C=O) groups excluding carboxylic acids is 3. The first-order valence-electron chi connectivity index (χ1n) is 11.5. The molecule has 0 spiro atoms. The van der Waals surface area contributed by atoms with Crippen molar-refractivity contribution in [3.63, 3.8) is 0 Å². The van der Waals surface area contributed by atoms with Crippen molar-refractivity contribution in [1.82, 2.24) is 25.9 Å². The number of carboxylic acids is 1. The van der Waals surface area contributed by atoms with Crippen LogP contribution >= 0.6 is 0 Å². The highest BCUT2D eigenvalue weighted by atomic mass is 16.4. The van der Waals surface area contributed by atoms with Crippen LogP contribution in [0.3, 0.4) is 0 Å². The van der Waals surface area contributed by atoms with Gasteiger partial charge in [-0.1, -0.05) is 44.2 Å². The van der Waals surface area contributed by atoms with Crippen LogP contribution in [-0.2, 0) is 32.0 Å². The van der Waals surface area contributed by atoms with Crippen molar-refractivity contribution < 1.29 is 24.3 Å². The summed E-state index contributed by atoms with van der Waals surface area (Å²) in [5.74, 6) is -2.85. The van der Waals surface area contributed by atoms with Gasteiger partial charge < -0.3 is 31.8 Å². The van der Waals surface area contributed by atoms with E-state index in [0.29, 0.717) is 5.69 Å². The van der Waals surface area contributed by atoms with Crippen molar-refractivity contribution in [3.05, 3.63) is 54.1 Å². The van der Waals surface area contributed by atoms with Crippen LogP contribution in [0.1, 0.15) is 38.4 Å². The van der Waals surface area contributed by atoms with Gasteiger partial charge in [0.05, 0.1) is 12.4 Å². The molecule has 0 radical (unpaired) electrons. The Morgan fingerprint density at radius 1 is 0.943 bits per heavy atom. The zero-order valence-electron chi connectivity index (χ0n) is 20.2. The Bertz CT molecular complexity index is 980. The molecule has 1 aromatic heterocycles. The van der Waals surface area contributed by atoms with Crippen LogP contribution in [0.2, 0.25) is 0 Å². The molecule has 11 nitrogen and oxygen atoms in total. The molecule has 35 heavy (non-hydrogen) atoms. The number of benzene rings is 1. The molecule has 0 saturated heterocycles. The largest absolute Gasteiger partial charge is 0.480 e. The third-order valence-electron chi connectivity index (χ3n) is 5.32. The molecule has 0 aliphatic rings. The van der Waals surface area contributed by atoms with Crippen molar-refractivity contribution in [2.75, 3.05) is 0 Å². The number of nitrogens with two attached hydrogens (primary N) is 1. The molecule has 2 rings (SSSR count). The van der Waals surface area contributed by atoms with E-state index in [1.54, 1.807) is 30.5 Å². The SMILES string of the molecule is CC(C)CC(NC(=O)C(C)NC(=O)C(N)Cc1cnc[nH]1)C(=O)NC(Cc1ccccc1)C(=O)O. The molecular weight excluding hydrogens is 452 g/mol. The number of amides is 3. The van der Waals surface area contributed by atoms with Crippen LogP contribution in [0.15, 0.2) is 42.9 Å². The summed E-state index contributed by atoms with van der Waals surface area (Å²) in [5.41, 5.74) is 7.35. The summed E-state index contributed by atoms with van der Waals surface area (Å²) in [6.07, 6.45) is 3.64. The third kappa shape index (κ3) is 9.20. The molecule has 2 aromatic rings. The molecule has 1 heterocycles. The number of rotatable bonds is 13. The average molecular weight is 487 g/mol. The number of aromatic amines is 1. The predicted octanol–water partition coefficient (Wildman–Crippen LogP) is 0.127. The van der Waals surface area contributed by atoms with Gasteiger partial charge in [-0.3, -0.25) is 14.4 Å². The molecule has 0 aliphatic heterocycles. The van der Waals surface area contributed by atoms with Gasteiger partial charge >= 0.3 is 5.97 Å². The fourth-order valence-electron chi connectivity index (χ4n) is 3.43. The molecule has 7 N–H and O–H groups in total. The standard InChI is InChI=1S/C24H34N6O5/c1-14(2)9-19(23(33)30-20(24(34)35)10-16-7-5-4-6-8-16)29-21(31)15(3)28-22(32)18(25)11-17-12-26-13-27-17/h4-8,12-15,18-20H,9-11,25H2,1-3H3,(H,26,27)(H,28,32)(H,29,31)(H,30,33)(H,34,35).